The lowest BCUT2D eigenvalue weighted by atomic mass is 10.2. The second-order valence-corrected chi connectivity index (χ2v) is 4.53. The largest absolute Gasteiger partial charge is 0.345 e. The van der Waals surface area contributed by atoms with Crippen LogP contribution in [0.4, 0.5) is 4.39 Å². The van der Waals surface area contributed by atoms with E-state index in [-0.39, 0.29) is 11.6 Å². The van der Waals surface area contributed by atoms with Crippen LogP contribution in [0.2, 0.25) is 0 Å². The van der Waals surface area contributed by atoms with Crippen LogP contribution >= 0.6 is 11.3 Å². The number of thiophene rings is 1. The molecular weight excluding hydrogens is 239 g/mol. The Morgan fingerprint density at radius 1 is 1.47 bits per heavy atom. The van der Waals surface area contributed by atoms with Crippen LogP contribution in [-0.2, 0) is 0 Å². The molecule has 2 heterocycles. The molecule has 3 nitrogen and oxygen atoms in total. The molecule has 0 spiro atoms. The highest BCUT2D eigenvalue weighted by molar-refractivity contribution is 7.10. The van der Waals surface area contributed by atoms with Gasteiger partial charge in [0.1, 0.15) is 0 Å². The summed E-state index contributed by atoms with van der Waals surface area (Å²) < 4.78 is 13.3. The Labute approximate surface area is 102 Å². The lowest BCUT2D eigenvalue weighted by Crippen LogP contribution is -2.27. The van der Waals surface area contributed by atoms with Gasteiger partial charge in [0.05, 0.1) is 11.6 Å². The van der Waals surface area contributed by atoms with E-state index in [0.29, 0.717) is 0 Å². The Balaban J connectivity index is 2.10. The van der Waals surface area contributed by atoms with E-state index in [0.717, 1.165) is 4.88 Å². The predicted octanol–water partition coefficient (Wildman–Crippen LogP) is 2.77. The van der Waals surface area contributed by atoms with Crippen LogP contribution < -0.4 is 5.32 Å². The van der Waals surface area contributed by atoms with Crippen LogP contribution in [0.15, 0.2) is 35.8 Å². The van der Waals surface area contributed by atoms with Crippen LogP contribution in [-0.4, -0.2) is 10.9 Å². The summed E-state index contributed by atoms with van der Waals surface area (Å²) in [6.45, 7) is 1.86. The summed E-state index contributed by atoms with van der Waals surface area (Å²) in [6, 6.07) is 6.65. The first-order chi connectivity index (χ1) is 8.18. The third-order valence-electron chi connectivity index (χ3n) is 2.32. The van der Waals surface area contributed by atoms with E-state index in [4.69, 9.17) is 0 Å². The first-order valence-corrected chi connectivity index (χ1v) is 6.01. The lowest BCUT2D eigenvalue weighted by Gasteiger charge is -2.12. The van der Waals surface area contributed by atoms with Gasteiger partial charge in [0.15, 0.2) is 0 Å². The summed E-state index contributed by atoms with van der Waals surface area (Å²) in [5, 5.41) is 4.66. The molecule has 0 fully saturated rings. The van der Waals surface area contributed by atoms with E-state index in [9.17, 15) is 9.18 Å². The molecule has 1 atom stereocenters. The number of carbonyl (C=O) groups excluding carboxylic acids is 1. The summed E-state index contributed by atoms with van der Waals surface area (Å²) in [7, 11) is 0. The first kappa shape index (κ1) is 11.7. The number of nitrogens with zero attached hydrogens (tertiary/aromatic N) is 1. The van der Waals surface area contributed by atoms with Crippen molar-refractivity contribution in [3.8, 4) is 0 Å². The number of amides is 1. The van der Waals surface area contributed by atoms with Crippen molar-refractivity contribution in [2.75, 3.05) is 0 Å². The molecule has 1 amide bonds. The molecule has 5 heteroatoms. The van der Waals surface area contributed by atoms with Gasteiger partial charge in [-0.05, 0) is 30.5 Å². The minimum absolute atomic E-state index is 0.0316. The van der Waals surface area contributed by atoms with E-state index < -0.39 is 11.9 Å². The Bertz CT molecular complexity index is 513. The first-order valence-electron chi connectivity index (χ1n) is 5.13. The third-order valence-corrected chi connectivity index (χ3v) is 3.38. The van der Waals surface area contributed by atoms with Crippen molar-refractivity contribution in [1.29, 1.82) is 0 Å². The van der Waals surface area contributed by atoms with Crippen molar-refractivity contribution in [2.24, 2.45) is 0 Å². The van der Waals surface area contributed by atoms with Crippen molar-refractivity contribution in [3.63, 3.8) is 0 Å². The molecule has 1 N–H and O–H groups in total. The maximum absolute atomic E-state index is 13.3. The Morgan fingerprint density at radius 3 is 2.94 bits per heavy atom. The van der Waals surface area contributed by atoms with Gasteiger partial charge in [0.25, 0.3) is 5.91 Å². The fraction of sp³-hybridized carbons (Fsp3) is 0.167. The molecule has 0 aliphatic rings. The molecule has 0 saturated heterocycles. The Hall–Kier alpha value is -1.75. The molecule has 2 aromatic heterocycles. The highest BCUT2D eigenvalue weighted by Gasteiger charge is 2.15. The van der Waals surface area contributed by atoms with Gasteiger partial charge in [-0.15, -0.1) is 11.3 Å². The van der Waals surface area contributed by atoms with Crippen LogP contribution in [0.3, 0.4) is 0 Å². The number of pyridine rings is 1. The number of halogens is 1. The second-order valence-electron chi connectivity index (χ2n) is 3.55. The molecule has 2 rings (SSSR count). The lowest BCUT2D eigenvalue weighted by molar-refractivity contribution is 0.0935. The Kier molecular flexibility index (Phi) is 3.49. The summed E-state index contributed by atoms with van der Waals surface area (Å²) in [5.74, 6) is -1.19. The quantitative estimate of drug-likeness (QED) is 0.851. The van der Waals surface area contributed by atoms with Crippen LogP contribution in [0.5, 0.6) is 0 Å². The standard InChI is InChI=1S/C12H11FN2OS/c1-8(10-5-3-7-17-10)15-12(16)9-4-2-6-14-11(9)13/h2-8H,1H3,(H,15,16). The molecule has 17 heavy (non-hydrogen) atoms. The SMILES string of the molecule is CC(NC(=O)c1cccnc1F)c1cccs1. The topological polar surface area (TPSA) is 42.0 Å². The summed E-state index contributed by atoms with van der Waals surface area (Å²) >= 11 is 1.55. The molecule has 0 saturated carbocycles. The van der Waals surface area contributed by atoms with E-state index in [1.807, 2.05) is 24.4 Å². The highest BCUT2D eigenvalue weighted by Crippen LogP contribution is 2.18. The van der Waals surface area contributed by atoms with Gasteiger partial charge < -0.3 is 5.32 Å². The molecule has 0 aliphatic heterocycles. The summed E-state index contributed by atoms with van der Waals surface area (Å²) in [5.41, 5.74) is -0.0316. The molecule has 0 radical (unpaired) electrons. The number of aromatic nitrogens is 1. The minimum atomic E-state index is -0.747. The summed E-state index contributed by atoms with van der Waals surface area (Å²) in [6.07, 6.45) is 1.31. The van der Waals surface area contributed by atoms with Gasteiger partial charge in [-0.2, -0.15) is 4.39 Å². The van der Waals surface area contributed by atoms with Gasteiger partial charge in [-0.25, -0.2) is 4.98 Å². The molecule has 0 aromatic carbocycles. The molecule has 2 aromatic rings. The van der Waals surface area contributed by atoms with Crippen LogP contribution in [0, 0.1) is 5.95 Å². The van der Waals surface area contributed by atoms with Gasteiger partial charge in [0.2, 0.25) is 5.95 Å². The van der Waals surface area contributed by atoms with Gasteiger partial charge in [0, 0.05) is 11.1 Å². The fourth-order valence-corrected chi connectivity index (χ4v) is 2.17. The second kappa shape index (κ2) is 5.05. The third kappa shape index (κ3) is 2.68. The monoisotopic (exact) mass is 250 g/mol. The van der Waals surface area contributed by atoms with Crippen molar-refractivity contribution < 1.29 is 9.18 Å². The van der Waals surface area contributed by atoms with Gasteiger partial charge in [-0.3, -0.25) is 4.79 Å². The zero-order chi connectivity index (χ0) is 12.3. The van der Waals surface area contributed by atoms with Crippen LogP contribution in [0.25, 0.3) is 0 Å². The Morgan fingerprint density at radius 2 is 2.29 bits per heavy atom. The molecule has 0 aliphatic carbocycles. The fourth-order valence-electron chi connectivity index (χ4n) is 1.44. The summed E-state index contributed by atoms with van der Waals surface area (Å²) in [4.78, 5) is 16.3. The van der Waals surface area contributed by atoms with Crippen molar-refractivity contribution in [3.05, 3.63) is 52.2 Å². The zero-order valence-corrected chi connectivity index (χ0v) is 10.00. The number of nitrogens with one attached hydrogen (secondary N) is 1. The molecule has 0 bridgehead atoms. The number of hydrogen-bond donors (Lipinski definition) is 1. The van der Waals surface area contributed by atoms with E-state index in [2.05, 4.69) is 10.3 Å². The predicted molar refractivity (Wildman–Crippen MR) is 64.4 cm³/mol. The highest BCUT2D eigenvalue weighted by atomic mass is 32.1. The average molecular weight is 250 g/mol. The van der Waals surface area contributed by atoms with E-state index in [1.54, 1.807) is 11.3 Å². The van der Waals surface area contributed by atoms with E-state index >= 15 is 0 Å². The van der Waals surface area contributed by atoms with Crippen molar-refractivity contribution in [2.45, 2.75) is 13.0 Å². The number of carbonyl (C=O) groups is 1. The number of rotatable bonds is 3. The maximum atomic E-state index is 13.3. The van der Waals surface area contributed by atoms with Crippen molar-refractivity contribution in [1.82, 2.24) is 10.3 Å². The smallest absolute Gasteiger partial charge is 0.256 e. The van der Waals surface area contributed by atoms with E-state index in [1.165, 1.54) is 18.3 Å². The average Bonchev–Trinajstić information content (AvgIpc) is 2.82. The normalized spacial score (nSPS) is 12.1. The van der Waals surface area contributed by atoms with Crippen LogP contribution in [0.1, 0.15) is 28.2 Å². The van der Waals surface area contributed by atoms with Crippen molar-refractivity contribution >= 4 is 17.2 Å². The zero-order valence-electron chi connectivity index (χ0n) is 9.18. The number of hydrogen-bond acceptors (Lipinski definition) is 3. The molecular formula is C12H11FN2OS. The van der Waals surface area contributed by atoms with Gasteiger partial charge in [-0.1, -0.05) is 6.07 Å². The molecule has 1 unspecified atom stereocenters. The van der Waals surface area contributed by atoms with Gasteiger partial charge >= 0.3 is 0 Å². The minimum Gasteiger partial charge on any atom is -0.345 e. The maximum Gasteiger partial charge on any atom is 0.256 e. The molecule has 88 valence electrons.